The summed E-state index contributed by atoms with van der Waals surface area (Å²) in [4.78, 5) is 0. The maximum atomic E-state index is 9.71. The zero-order valence-electron chi connectivity index (χ0n) is 8.32. The van der Waals surface area contributed by atoms with Gasteiger partial charge in [0.05, 0.1) is 25.7 Å². The Morgan fingerprint density at radius 1 is 1.57 bits per heavy atom. The Hall–Kier alpha value is -1.53. The number of hydrogen-bond donors (Lipinski definition) is 1. The molecule has 1 unspecified atom stereocenters. The van der Waals surface area contributed by atoms with Crippen molar-refractivity contribution >= 4 is 0 Å². The van der Waals surface area contributed by atoms with Crippen molar-refractivity contribution in [2.45, 2.75) is 19.4 Å². The highest BCUT2D eigenvalue weighted by Gasteiger charge is 2.14. The van der Waals surface area contributed by atoms with Gasteiger partial charge in [0, 0.05) is 5.56 Å². The van der Waals surface area contributed by atoms with Crippen LogP contribution in [-0.4, -0.2) is 12.2 Å². The lowest BCUT2D eigenvalue weighted by Crippen LogP contribution is -2.02. The van der Waals surface area contributed by atoms with E-state index in [1.165, 1.54) is 0 Å². The molecule has 0 saturated carbocycles. The van der Waals surface area contributed by atoms with Crippen molar-refractivity contribution in [3.8, 4) is 11.8 Å². The Morgan fingerprint density at radius 3 is 2.86 bits per heavy atom. The second-order valence-corrected chi connectivity index (χ2v) is 3.07. The lowest BCUT2D eigenvalue weighted by Gasteiger charge is -2.14. The molecule has 1 N–H and O–H groups in total. The van der Waals surface area contributed by atoms with Crippen LogP contribution in [0.2, 0.25) is 0 Å². The maximum Gasteiger partial charge on any atom is 0.124 e. The summed E-state index contributed by atoms with van der Waals surface area (Å²) in [6.45, 7) is 1.89. The zero-order valence-corrected chi connectivity index (χ0v) is 8.32. The lowest BCUT2D eigenvalue weighted by molar-refractivity contribution is 0.178. The average Bonchev–Trinajstić information content (AvgIpc) is 2.17. The number of aryl methyl sites for hydroxylation is 1. The van der Waals surface area contributed by atoms with Gasteiger partial charge in [-0.15, -0.1) is 0 Å². The number of rotatable bonds is 3. The van der Waals surface area contributed by atoms with Gasteiger partial charge in [-0.2, -0.15) is 5.26 Å². The number of nitrogens with zero attached hydrogens (tertiary/aromatic N) is 1. The van der Waals surface area contributed by atoms with Crippen molar-refractivity contribution < 1.29 is 9.84 Å². The molecule has 1 atom stereocenters. The molecule has 0 radical (unpaired) electrons. The number of hydrogen-bond acceptors (Lipinski definition) is 3. The van der Waals surface area contributed by atoms with Gasteiger partial charge in [-0.05, 0) is 18.6 Å². The smallest absolute Gasteiger partial charge is 0.124 e. The first-order valence-corrected chi connectivity index (χ1v) is 4.39. The van der Waals surface area contributed by atoms with Crippen LogP contribution in [0.5, 0.6) is 5.75 Å². The third-order valence-electron chi connectivity index (χ3n) is 2.12. The van der Waals surface area contributed by atoms with Crippen LogP contribution in [0.25, 0.3) is 0 Å². The van der Waals surface area contributed by atoms with Crippen LogP contribution in [0.1, 0.15) is 23.7 Å². The summed E-state index contributed by atoms with van der Waals surface area (Å²) >= 11 is 0. The van der Waals surface area contributed by atoms with Gasteiger partial charge in [-0.25, -0.2) is 0 Å². The van der Waals surface area contributed by atoms with Gasteiger partial charge < -0.3 is 9.84 Å². The second-order valence-electron chi connectivity index (χ2n) is 3.07. The second kappa shape index (κ2) is 4.64. The molecule has 0 spiro atoms. The fraction of sp³-hybridized carbons (Fsp3) is 0.364. The van der Waals surface area contributed by atoms with E-state index < -0.39 is 6.10 Å². The molecule has 0 aliphatic rings. The van der Waals surface area contributed by atoms with Gasteiger partial charge in [-0.3, -0.25) is 0 Å². The summed E-state index contributed by atoms with van der Waals surface area (Å²) in [5, 5.41) is 18.2. The highest BCUT2D eigenvalue weighted by atomic mass is 16.5. The summed E-state index contributed by atoms with van der Waals surface area (Å²) in [5.41, 5.74) is 1.64. The maximum absolute atomic E-state index is 9.71. The van der Waals surface area contributed by atoms with E-state index in [0.717, 1.165) is 5.56 Å². The number of nitriles is 1. The number of aliphatic hydroxyl groups is 1. The van der Waals surface area contributed by atoms with Crippen LogP contribution in [-0.2, 0) is 0 Å². The molecule has 0 saturated heterocycles. The number of ether oxygens (including phenoxy) is 1. The topological polar surface area (TPSA) is 53.2 Å². The van der Waals surface area contributed by atoms with Crippen molar-refractivity contribution in [3.63, 3.8) is 0 Å². The van der Waals surface area contributed by atoms with Crippen LogP contribution in [0.3, 0.4) is 0 Å². The van der Waals surface area contributed by atoms with Crippen molar-refractivity contribution in [3.05, 3.63) is 29.3 Å². The predicted molar refractivity (Wildman–Crippen MR) is 52.9 cm³/mol. The Bertz CT molecular complexity index is 355. The van der Waals surface area contributed by atoms with E-state index in [1.54, 1.807) is 13.2 Å². The van der Waals surface area contributed by atoms with Crippen molar-refractivity contribution in [2.24, 2.45) is 0 Å². The minimum atomic E-state index is -0.767. The first-order valence-electron chi connectivity index (χ1n) is 4.39. The summed E-state index contributed by atoms with van der Waals surface area (Å²) < 4.78 is 5.12. The van der Waals surface area contributed by atoms with Gasteiger partial charge >= 0.3 is 0 Å². The highest BCUT2D eigenvalue weighted by Crippen LogP contribution is 2.29. The van der Waals surface area contributed by atoms with Crippen molar-refractivity contribution in [1.29, 1.82) is 5.26 Å². The largest absolute Gasteiger partial charge is 0.496 e. The quantitative estimate of drug-likeness (QED) is 0.794. The predicted octanol–water partition coefficient (Wildman–Crippen LogP) is 1.95. The van der Waals surface area contributed by atoms with Crippen LogP contribution < -0.4 is 4.74 Å². The third-order valence-corrected chi connectivity index (χ3v) is 2.12. The SMILES string of the molecule is COc1cccc(C)c1C(O)CC#N. The van der Waals surface area contributed by atoms with Crippen LogP contribution >= 0.6 is 0 Å². The highest BCUT2D eigenvalue weighted by molar-refractivity contribution is 5.41. The van der Waals surface area contributed by atoms with Crippen molar-refractivity contribution in [1.82, 2.24) is 0 Å². The van der Waals surface area contributed by atoms with E-state index >= 15 is 0 Å². The Labute approximate surface area is 83.6 Å². The van der Waals surface area contributed by atoms with E-state index in [2.05, 4.69) is 0 Å². The molecule has 14 heavy (non-hydrogen) atoms. The van der Waals surface area contributed by atoms with Crippen LogP contribution in [0.4, 0.5) is 0 Å². The molecule has 1 rings (SSSR count). The molecule has 74 valence electrons. The Morgan fingerprint density at radius 2 is 2.29 bits per heavy atom. The molecule has 0 amide bonds. The first-order chi connectivity index (χ1) is 6.70. The van der Waals surface area contributed by atoms with Crippen LogP contribution in [0, 0.1) is 18.3 Å². The Kier molecular flexibility index (Phi) is 3.49. The van der Waals surface area contributed by atoms with E-state index in [1.807, 2.05) is 25.1 Å². The molecule has 0 heterocycles. The fourth-order valence-corrected chi connectivity index (χ4v) is 1.45. The summed E-state index contributed by atoms with van der Waals surface area (Å²) in [6.07, 6.45) is -0.683. The van der Waals surface area contributed by atoms with E-state index in [4.69, 9.17) is 10.00 Å². The van der Waals surface area contributed by atoms with E-state index in [0.29, 0.717) is 11.3 Å². The number of aliphatic hydroxyl groups excluding tert-OH is 1. The monoisotopic (exact) mass is 191 g/mol. The molecule has 0 aliphatic heterocycles. The molecule has 0 fully saturated rings. The summed E-state index contributed by atoms with van der Waals surface area (Å²) in [7, 11) is 1.55. The first kappa shape index (κ1) is 10.6. The lowest BCUT2D eigenvalue weighted by atomic mass is 10.0. The molecular weight excluding hydrogens is 178 g/mol. The summed E-state index contributed by atoms with van der Waals surface area (Å²) in [6, 6.07) is 7.46. The fourth-order valence-electron chi connectivity index (χ4n) is 1.45. The molecule has 1 aromatic carbocycles. The van der Waals surface area contributed by atoms with Gasteiger partial charge in [0.1, 0.15) is 5.75 Å². The standard InChI is InChI=1S/C11H13NO2/c1-8-4-3-5-10(14-2)11(8)9(13)6-7-12/h3-5,9,13H,6H2,1-2H3. The van der Waals surface area contributed by atoms with E-state index in [9.17, 15) is 5.11 Å². The average molecular weight is 191 g/mol. The minimum Gasteiger partial charge on any atom is -0.496 e. The van der Waals surface area contributed by atoms with Gasteiger partial charge in [0.2, 0.25) is 0 Å². The van der Waals surface area contributed by atoms with Gasteiger partial charge in [0.25, 0.3) is 0 Å². The molecule has 3 nitrogen and oxygen atoms in total. The Balaban J connectivity index is 3.11. The third kappa shape index (κ3) is 2.04. The van der Waals surface area contributed by atoms with Crippen LogP contribution in [0.15, 0.2) is 18.2 Å². The molecule has 1 aromatic rings. The molecule has 0 aromatic heterocycles. The molecule has 0 aliphatic carbocycles. The molecule has 3 heteroatoms. The normalized spacial score (nSPS) is 11.9. The van der Waals surface area contributed by atoms with Crippen molar-refractivity contribution in [2.75, 3.05) is 7.11 Å². The number of methoxy groups -OCH3 is 1. The molecule has 0 bridgehead atoms. The van der Waals surface area contributed by atoms with E-state index in [-0.39, 0.29) is 6.42 Å². The van der Waals surface area contributed by atoms with Gasteiger partial charge in [0.15, 0.2) is 0 Å². The summed E-state index contributed by atoms with van der Waals surface area (Å²) in [5.74, 6) is 0.632. The molecular formula is C11H13NO2. The minimum absolute atomic E-state index is 0.0845. The number of benzene rings is 1. The zero-order chi connectivity index (χ0) is 10.6. The van der Waals surface area contributed by atoms with Gasteiger partial charge in [-0.1, -0.05) is 12.1 Å².